The molecule has 1 atom stereocenters. The first kappa shape index (κ1) is 20.3. The number of benzene rings is 2. The van der Waals surface area contributed by atoms with E-state index >= 15 is 0 Å². The highest BCUT2D eigenvalue weighted by Crippen LogP contribution is 2.27. The van der Waals surface area contributed by atoms with Gasteiger partial charge < -0.3 is 19.7 Å². The zero-order valence-corrected chi connectivity index (χ0v) is 15.7. The Kier molecular flexibility index (Phi) is 6.79. The number of phenols is 1. The summed E-state index contributed by atoms with van der Waals surface area (Å²) in [6, 6.07) is 10.5. The predicted molar refractivity (Wildman–Crippen MR) is 106 cm³/mol. The van der Waals surface area contributed by atoms with Crippen LogP contribution in [0.5, 0.6) is 11.5 Å². The SMILES string of the molecule is C=C(C)C(O)COC(=O)c1c(C)cccc1/C=C/c1ccc(O)c(OC)c1. The van der Waals surface area contributed by atoms with E-state index in [-0.39, 0.29) is 12.4 Å². The van der Waals surface area contributed by atoms with E-state index in [0.717, 1.165) is 11.1 Å². The predicted octanol–water partition coefficient (Wildman–Crippen LogP) is 3.97. The van der Waals surface area contributed by atoms with Crippen LogP contribution in [0, 0.1) is 6.92 Å². The summed E-state index contributed by atoms with van der Waals surface area (Å²) in [6.45, 7) is 7.00. The Morgan fingerprint density at radius 1 is 1.26 bits per heavy atom. The fourth-order valence-corrected chi connectivity index (χ4v) is 2.46. The van der Waals surface area contributed by atoms with Crippen LogP contribution >= 0.6 is 0 Å². The molecule has 0 heterocycles. The number of rotatable bonds is 7. The van der Waals surface area contributed by atoms with Crippen molar-refractivity contribution in [2.45, 2.75) is 20.0 Å². The normalized spacial score (nSPS) is 12.0. The van der Waals surface area contributed by atoms with Crippen molar-refractivity contribution in [3.8, 4) is 11.5 Å². The number of aliphatic hydroxyl groups excluding tert-OH is 1. The smallest absolute Gasteiger partial charge is 0.339 e. The molecule has 0 radical (unpaired) electrons. The van der Waals surface area contributed by atoms with Crippen LogP contribution < -0.4 is 4.74 Å². The highest BCUT2D eigenvalue weighted by molar-refractivity contribution is 5.96. The van der Waals surface area contributed by atoms with Crippen LogP contribution in [0.15, 0.2) is 48.6 Å². The Labute approximate surface area is 159 Å². The molecule has 2 rings (SSSR count). The monoisotopic (exact) mass is 368 g/mol. The van der Waals surface area contributed by atoms with Crippen LogP contribution in [0.2, 0.25) is 0 Å². The molecule has 0 saturated heterocycles. The number of hydrogen-bond donors (Lipinski definition) is 2. The number of hydrogen-bond acceptors (Lipinski definition) is 5. The summed E-state index contributed by atoms with van der Waals surface area (Å²) in [5.41, 5.74) is 3.25. The summed E-state index contributed by atoms with van der Waals surface area (Å²) in [5.74, 6) is -0.0725. The minimum absolute atomic E-state index is 0.0607. The highest BCUT2D eigenvalue weighted by atomic mass is 16.5. The second-order valence-electron chi connectivity index (χ2n) is 6.26. The first-order chi connectivity index (χ1) is 12.8. The van der Waals surface area contributed by atoms with E-state index in [2.05, 4.69) is 6.58 Å². The third-order valence-electron chi connectivity index (χ3n) is 4.11. The fraction of sp³-hybridized carbons (Fsp3) is 0.227. The Hall–Kier alpha value is -3.05. The van der Waals surface area contributed by atoms with E-state index in [4.69, 9.17) is 9.47 Å². The number of carbonyl (C=O) groups is 1. The molecule has 142 valence electrons. The number of phenolic OH excluding ortho intramolecular Hbond substituents is 1. The highest BCUT2D eigenvalue weighted by Gasteiger charge is 2.16. The van der Waals surface area contributed by atoms with Crippen molar-refractivity contribution in [1.29, 1.82) is 0 Å². The minimum Gasteiger partial charge on any atom is -0.504 e. The number of esters is 1. The number of ether oxygens (including phenoxy) is 2. The molecular weight excluding hydrogens is 344 g/mol. The standard InChI is InChI=1S/C22H24O5/c1-14(2)19(24)13-27-22(25)21-15(3)6-5-7-17(21)10-8-16-9-11-18(23)20(12-16)26-4/h5-12,19,23-24H,1,13H2,2-4H3/b10-8+. The van der Waals surface area contributed by atoms with Gasteiger partial charge in [0.1, 0.15) is 12.7 Å². The number of carbonyl (C=O) groups excluding carboxylic acids is 1. The minimum atomic E-state index is -0.888. The van der Waals surface area contributed by atoms with Crippen LogP contribution in [0.25, 0.3) is 12.2 Å². The van der Waals surface area contributed by atoms with E-state index in [1.165, 1.54) is 7.11 Å². The quantitative estimate of drug-likeness (QED) is 0.439. The Morgan fingerprint density at radius 2 is 2.00 bits per heavy atom. The summed E-state index contributed by atoms with van der Waals surface area (Å²) < 4.78 is 10.3. The summed E-state index contributed by atoms with van der Waals surface area (Å²) in [6.07, 6.45) is 2.72. The maximum atomic E-state index is 12.5. The second-order valence-corrected chi connectivity index (χ2v) is 6.26. The van der Waals surface area contributed by atoms with Gasteiger partial charge in [0.2, 0.25) is 0 Å². The average molecular weight is 368 g/mol. The maximum Gasteiger partial charge on any atom is 0.339 e. The molecule has 2 aromatic carbocycles. The number of methoxy groups -OCH3 is 1. The molecule has 0 aromatic heterocycles. The van der Waals surface area contributed by atoms with Gasteiger partial charge in [-0.25, -0.2) is 4.79 Å². The number of aliphatic hydroxyl groups is 1. The third-order valence-corrected chi connectivity index (χ3v) is 4.11. The molecule has 0 spiro atoms. The van der Waals surface area contributed by atoms with Crippen LogP contribution in [0.1, 0.15) is 34.0 Å². The molecule has 5 nitrogen and oxygen atoms in total. The van der Waals surface area contributed by atoms with Crippen LogP contribution in [-0.4, -0.2) is 36.0 Å². The molecule has 27 heavy (non-hydrogen) atoms. The lowest BCUT2D eigenvalue weighted by Crippen LogP contribution is -2.20. The van der Waals surface area contributed by atoms with E-state index in [1.54, 1.807) is 31.2 Å². The molecule has 2 N–H and O–H groups in total. The molecule has 5 heteroatoms. The van der Waals surface area contributed by atoms with Gasteiger partial charge in [-0.3, -0.25) is 0 Å². The van der Waals surface area contributed by atoms with Crippen LogP contribution in [0.3, 0.4) is 0 Å². The average Bonchev–Trinajstić information content (AvgIpc) is 2.65. The van der Waals surface area contributed by atoms with Crippen molar-refractivity contribution in [2.24, 2.45) is 0 Å². The van der Waals surface area contributed by atoms with Gasteiger partial charge in [0.15, 0.2) is 11.5 Å². The number of aryl methyl sites for hydroxylation is 1. The molecule has 0 bridgehead atoms. The lowest BCUT2D eigenvalue weighted by atomic mass is 10.0. The summed E-state index contributed by atoms with van der Waals surface area (Å²) in [4.78, 5) is 12.5. The fourth-order valence-electron chi connectivity index (χ4n) is 2.46. The molecule has 0 aliphatic heterocycles. The van der Waals surface area contributed by atoms with E-state index in [1.807, 2.05) is 31.2 Å². The first-order valence-electron chi connectivity index (χ1n) is 8.48. The zero-order valence-electron chi connectivity index (χ0n) is 15.7. The Balaban J connectivity index is 2.26. The van der Waals surface area contributed by atoms with Crippen molar-refractivity contribution in [1.82, 2.24) is 0 Å². The van der Waals surface area contributed by atoms with E-state index in [9.17, 15) is 15.0 Å². The van der Waals surface area contributed by atoms with E-state index < -0.39 is 12.1 Å². The van der Waals surface area contributed by atoms with Gasteiger partial charge in [-0.1, -0.05) is 43.0 Å². The van der Waals surface area contributed by atoms with Gasteiger partial charge in [0.05, 0.1) is 12.7 Å². The summed E-state index contributed by atoms with van der Waals surface area (Å²) in [5, 5.41) is 19.4. The van der Waals surface area contributed by atoms with Crippen molar-refractivity contribution in [3.05, 3.63) is 70.8 Å². The van der Waals surface area contributed by atoms with Gasteiger partial charge in [0, 0.05) is 0 Å². The lowest BCUT2D eigenvalue weighted by molar-refractivity contribution is 0.0327. The van der Waals surface area contributed by atoms with Crippen molar-refractivity contribution in [2.75, 3.05) is 13.7 Å². The molecule has 0 aliphatic carbocycles. The van der Waals surface area contributed by atoms with Gasteiger partial charge in [-0.15, -0.1) is 0 Å². The van der Waals surface area contributed by atoms with Gasteiger partial charge in [-0.05, 0) is 48.2 Å². The largest absolute Gasteiger partial charge is 0.504 e. The van der Waals surface area contributed by atoms with Gasteiger partial charge in [0.25, 0.3) is 0 Å². The third kappa shape index (κ3) is 5.21. The van der Waals surface area contributed by atoms with Crippen molar-refractivity contribution >= 4 is 18.1 Å². The zero-order chi connectivity index (χ0) is 20.0. The Morgan fingerprint density at radius 3 is 2.67 bits per heavy atom. The maximum absolute atomic E-state index is 12.5. The lowest BCUT2D eigenvalue weighted by Gasteiger charge is -2.13. The van der Waals surface area contributed by atoms with Crippen LogP contribution in [-0.2, 0) is 4.74 Å². The molecule has 2 aromatic rings. The van der Waals surface area contributed by atoms with Crippen LogP contribution in [0.4, 0.5) is 0 Å². The number of aromatic hydroxyl groups is 1. The molecule has 0 saturated carbocycles. The molecule has 0 fully saturated rings. The molecule has 0 amide bonds. The summed E-state index contributed by atoms with van der Waals surface area (Å²) in [7, 11) is 1.48. The second kappa shape index (κ2) is 9.05. The van der Waals surface area contributed by atoms with E-state index in [0.29, 0.717) is 22.4 Å². The summed E-state index contributed by atoms with van der Waals surface area (Å²) >= 11 is 0. The van der Waals surface area contributed by atoms with Crippen molar-refractivity contribution < 1.29 is 24.5 Å². The topological polar surface area (TPSA) is 76.0 Å². The molecule has 1 unspecified atom stereocenters. The van der Waals surface area contributed by atoms with Crippen molar-refractivity contribution in [3.63, 3.8) is 0 Å². The first-order valence-corrected chi connectivity index (χ1v) is 8.48. The Bertz CT molecular complexity index is 867. The molecule has 0 aliphatic rings. The molecular formula is C22H24O5. The van der Waals surface area contributed by atoms with Gasteiger partial charge >= 0.3 is 5.97 Å². The van der Waals surface area contributed by atoms with Gasteiger partial charge in [-0.2, -0.15) is 0 Å².